The normalized spacial score (nSPS) is 14.0. The van der Waals surface area contributed by atoms with Crippen molar-refractivity contribution in [1.82, 2.24) is 24.3 Å². The van der Waals surface area contributed by atoms with E-state index in [4.69, 9.17) is 11.6 Å². The fourth-order valence-corrected chi connectivity index (χ4v) is 4.33. The Morgan fingerprint density at radius 3 is 2.71 bits per heavy atom. The number of piperazine rings is 1. The van der Waals surface area contributed by atoms with Gasteiger partial charge in [-0.15, -0.1) is 0 Å². The van der Waals surface area contributed by atoms with Crippen LogP contribution in [-0.2, 0) is 11.4 Å². The molecule has 3 aromatic heterocycles. The van der Waals surface area contributed by atoms with Crippen molar-refractivity contribution in [2.45, 2.75) is 13.5 Å². The van der Waals surface area contributed by atoms with E-state index >= 15 is 0 Å². The van der Waals surface area contributed by atoms with Gasteiger partial charge in [-0.2, -0.15) is 0 Å². The van der Waals surface area contributed by atoms with Crippen LogP contribution in [-0.4, -0.2) is 61.4 Å². The molecule has 2 N–H and O–H groups in total. The van der Waals surface area contributed by atoms with Crippen LogP contribution in [0.4, 0.5) is 17.3 Å². The van der Waals surface area contributed by atoms with Crippen LogP contribution < -0.4 is 10.2 Å². The highest BCUT2D eigenvalue weighted by Gasteiger charge is 2.20. The Morgan fingerprint density at radius 2 is 1.94 bits per heavy atom. The van der Waals surface area contributed by atoms with Crippen molar-refractivity contribution in [3.05, 3.63) is 65.6 Å². The Kier molecular flexibility index (Phi) is 6.04. The molecule has 0 saturated carbocycles. The third-order valence-corrected chi connectivity index (χ3v) is 6.28. The van der Waals surface area contributed by atoms with E-state index in [2.05, 4.69) is 25.2 Å². The first-order valence-corrected chi connectivity index (χ1v) is 11.4. The number of aliphatic hydroxyl groups is 1. The van der Waals surface area contributed by atoms with E-state index in [0.29, 0.717) is 35.4 Å². The summed E-state index contributed by atoms with van der Waals surface area (Å²) in [6.45, 7) is 4.33. The maximum Gasteiger partial charge on any atom is 0.227 e. The number of pyridine rings is 1. The number of nitrogens with one attached hydrogen (secondary N) is 1. The second-order valence-corrected chi connectivity index (χ2v) is 8.49. The third-order valence-electron chi connectivity index (χ3n) is 6.00. The van der Waals surface area contributed by atoms with Crippen LogP contribution in [0.3, 0.4) is 0 Å². The summed E-state index contributed by atoms with van der Waals surface area (Å²) in [5, 5.41) is 13.6. The van der Waals surface area contributed by atoms with Crippen LogP contribution in [0.1, 0.15) is 12.5 Å². The number of hydrogen-bond donors (Lipinski definition) is 2. The second-order valence-electron chi connectivity index (χ2n) is 8.08. The van der Waals surface area contributed by atoms with Crippen molar-refractivity contribution in [2.75, 3.05) is 36.4 Å². The molecule has 9 nitrogen and oxygen atoms in total. The zero-order valence-electron chi connectivity index (χ0n) is 18.6. The number of benzene rings is 1. The maximum absolute atomic E-state index is 11.6. The summed E-state index contributed by atoms with van der Waals surface area (Å²) in [5.74, 6) is 0.462. The Balaban J connectivity index is 1.39. The van der Waals surface area contributed by atoms with Gasteiger partial charge in [-0.1, -0.05) is 17.7 Å². The summed E-state index contributed by atoms with van der Waals surface area (Å²) in [6, 6.07) is 11.6. The predicted molar refractivity (Wildman–Crippen MR) is 131 cm³/mol. The number of aromatic nitrogens is 4. The highest BCUT2D eigenvalue weighted by atomic mass is 35.5. The fraction of sp³-hybridized carbons (Fsp3) is 0.250. The second kappa shape index (κ2) is 9.28. The van der Waals surface area contributed by atoms with Gasteiger partial charge in [-0.05, 0) is 30.3 Å². The lowest BCUT2D eigenvalue weighted by molar-refractivity contribution is -0.129. The summed E-state index contributed by atoms with van der Waals surface area (Å²) >= 11 is 6.42. The highest BCUT2D eigenvalue weighted by Crippen LogP contribution is 2.30. The van der Waals surface area contributed by atoms with E-state index in [0.717, 1.165) is 35.7 Å². The smallest absolute Gasteiger partial charge is 0.227 e. The van der Waals surface area contributed by atoms with Crippen molar-refractivity contribution in [2.24, 2.45) is 0 Å². The molecule has 1 aliphatic rings. The van der Waals surface area contributed by atoms with Gasteiger partial charge in [0.05, 0.1) is 29.7 Å². The predicted octanol–water partition coefficient (Wildman–Crippen LogP) is 3.35. The molecule has 1 amide bonds. The summed E-state index contributed by atoms with van der Waals surface area (Å²) in [7, 11) is 0. The Bertz CT molecular complexity index is 1350. The number of carbonyl (C=O) groups is 1. The number of imidazole rings is 1. The molecule has 4 aromatic rings. The first-order chi connectivity index (χ1) is 16.5. The molecule has 1 aliphatic heterocycles. The zero-order chi connectivity index (χ0) is 23.7. The van der Waals surface area contributed by atoms with Crippen LogP contribution >= 0.6 is 11.6 Å². The van der Waals surface area contributed by atoms with Crippen molar-refractivity contribution in [1.29, 1.82) is 0 Å². The lowest BCUT2D eigenvalue weighted by atomic mass is 10.1. The maximum atomic E-state index is 11.6. The molecule has 1 aromatic carbocycles. The van der Waals surface area contributed by atoms with Crippen LogP contribution in [0.5, 0.6) is 0 Å². The first kappa shape index (κ1) is 22.1. The molecule has 10 heteroatoms. The molecule has 5 rings (SSSR count). The van der Waals surface area contributed by atoms with E-state index in [1.54, 1.807) is 19.3 Å². The number of amides is 1. The average molecular weight is 478 g/mol. The number of nitrogens with zero attached hydrogens (tertiary/aromatic N) is 6. The van der Waals surface area contributed by atoms with Crippen molar-refractivity contribution < 1.29 is 9.90 Å². The van der Waals surface area contributed by atoms with E-state index in [-0.39, 0.29) is 12.5 Å². The lowest BCUT2D eigenvalue weighted by Crippen LogP contribution is -2.48. The molecular formula is C24H24ClN7O2. The number of anilines is 3. The summed E-state index contributed by atoms with van der Waals surface area (Å²) in [5.41, 5.74) is 4.54. The molecule has 174 valence electrons. The SMILES string of the molecule is CC(=O)N1CCN(c2ccc(Nc3ncc(Cl)c(-c4cnc5ccccn45)n3)c(CO)c2)CC1. The highest BCUT2D eigenvalue weighted by molar-refractivity contribution is 6.32. The number of aliphatic hydroxyl groups excluding tert-OH is 1. The number of hydrogen-bond acceptors (Lipinski definition) is 7. The lowest BCUT2D eigenvalue weighted by Gasteiger charge is -2.36. The topological polar surface area (TPSA) is 98.9 Å². The van der Waals surface area contributed by atoms with Gasteiger partial charge >= 0.3 is 0 Å². The summed E-state index contributed by atoms with van der Waals surface area (Å²) in [6.07, 6.45) is 5.19. The van der Waals surface area contributed by atoms with E-state index in [9.17, 15) is 9.90 Å². The Morgan fingerprint density at radius 1 is 1.12 bits per heavy atom. The van der Waals surface area contributed by atoms with Gasteiger partial charge in [0.2, 0.25) is 11.9 Å². The molecule has 0 bridgehead atoms. The molecule has 1 saturated heterocycles. The molecule has 0 radical (unpaired) electrons. The van der Waals surface area contributed by atoms with Crippen LogP contribution in [0, 0.1) is 0 Å². The molecular weight excluding hydrogens is 454 g/mol. The number of rotatable bonds is 5. The van der Waals surface area contributed by atoms with Crippen LogP contribution in [0.2, 0.25) is 5.02 Å². The summed E-state index contributed by atoms with van der Waals surface area (Å²) in [4.78, 5) is 29.0. The quantitative estimate of drug-likeness (QED) is 0.454. The Labute approximate surface area is 201 Å². The van der Waals surface area contributed by atoms with E-state index < -0.39 is 0 Å². The summed E-state index contributed by atoms with van der Waals surface area (Å²) < 4.78 is 1.91. The fourth-order valence-electron chi connectivity index (χ4n) is 4.14. The molecule has 4 heterocycles. The molecule has 1 fully saturated rings. The van der Waals surface area contributed by atoms with Crippen molar-refractivity contribution in [3.8, 4) is 11.4 Å². The van der Waals surface area contributed by atoms with E-state index in [1.165, 1.54) is 0 Å². The molecule has 0 aliphatic carbocycles. The molecule has 0 unspecified atom stereocenters. The van der Waals surface area contributed by atoms with E-state index in [1.807, 2.05) is 51.9 Å². The van der Waals surface area contributed by atoms with Gasteiger partial charge in [0.1, 0.15) is 11.3 Å². The van der Waals surface area contributed by atoms with Crippen LogP contribution in [0.15, 0.2) is 55.0 Å². The number of halogens is 1. The monoisotopic (exact) mass is 477 g/mol. The van der Waals surface area contributed by atoms with Crippen molar-refractivity contribution in [3.63, 3.8) is 0 Å². The molecule has 0 spiro atoms. The third kappa shape index (κ3) is 4.27. The Hall–Kier alpha value is -3.69. The minimum Gasteiger partial charge on any atom is -0.392 e. The average Bonchev–Trinajstić information content (AvgIpc) is 3.29. The standard InChI is InChI=1S/C24H24ClN7O2/c1-16(34)30-8-10-31(11-9-30)18-5-6-20(17(12-18)15-33)28-24-27-13-19(25)23(29-24)21-14-26-22-4-2-3-7-32(21)22/h2-7,12-14,33H,8-11,15H2,1H3,(H,27,28,29). The van der Waals surface area contributed by atoms with Crippen LogP contribution in [0.25, 0.3) is 17.0 Å². The van der Waals surface area contributed by atoms with Gasteiger partial charge in [0.25, 0.3) is 0 Å². The zero-order valence-corrected chi connectivity index (χ0v) is 19.4. The molecule has 0 atom stereocenters. The van der Waals surface area contributed by atoms with Crippen molar-refractivity contribution >= 4 is 40.5 Å². The van der Waals surface area contributed by atoms with Gasteiger partial charge in [0, 0.05) is 56.2 Å². The van der Waals surface area contributed by atoms with Gasteiger partial charge in [-0.25, -0.2) is 15.0 Å². The molecule has 34 heavy (non-hydrogen) atoms. The largest absolute Gasteiger partial charge is 0.392 e. The van der Waals surface area contributed by atoms with Gasteiger partial charge in [0.15, 0.2) is 0 Å². The minimum absolute atomic E-state index is 0.0986. The van der Waals surface area contributed by atoms with Gasteiger partial charge < -0.3 is 20.2 Å². The number of fused-ring (bicyclic) bond motifs is 1. The first-order valence-electron chi connectivity index (χ1n) is 11.0. The van der Waals surface area contributed by atoms with Gasteiger partial charge in [-0.3, -0.25) is 9.20 Å². The minimum atomic E-state index is -0.142. The number of carbonyl (C=O) groups excluding carboxylic acids is 1.